The van der Waals surface area contributed by atoms with Crippen molar-refractivity contribution in [1.82, 2.24) is 5.48 Å². The second-order valence-electron chi connectivity index (χ2n) is 7.06. The van der Waals surface area contributed by atoms with E-state index in [9.17, 15) is 22.8 Å². The molecule has 4 N–H and O–H groups in total. The molecule has 9 heteroatoms. The van der Waals surface area contributed by atoms with Crippen molar-refractivity contribution in [2.45, 2.75) is 25.1 Å². The third-order valence-electron chi connectivity index (χ3n) is 5.08. The molecule has 1 saturated heterocycles. The number of carbonyl (C=O) groups is 2. The van der Waals surface area contributed by atoms with Crippen LogP contribution in [0, 0.1) is 5.92 Å². The molecule has 6 nitrogen and oxygen atoms in total. The van der Waals surface area contributed by atoms with Gasteiger partial charge in [0.25, 0.3) is 5.91 Å². The number of nitrogens with two attached hydrogens (primary N) is 1. The van der Waals surface area contributed by atoms with E-state index in [1.54, 1.807) is 34.6 Å². The minimum Gasteiger partial charge on any atom is -0.368 e. The number of rotatable bonds is 5. The van der Waals surface area contributed by atoms with Crippen molar-refractivity contribution >= 4 is 17.5 Å². The van der Waals surface area contributed by atoms with Crippen molar-refractivity contribution in [2.24, 2.45) is 11.7 Å². The van der Waals surface area contributed by atoms with Crippen molar-refractivity contribution in [3.63, 3.8) is 0 Å². The van der Waals surface area contributed by atoms with Gasteiger partial charge in [-0.3, -0.25) is 14.8 Å². The second kappa shape index (κ2) is 8.12. The first-order valence-electron chi connectivity index (χ1n) is 8.95. The summed E-state index contributed by atoms with van der Waals surface area (Å²) >= 11 is 0. The van der Waals surface area contributed by atoms with E-state index in [1.807, 2.05) is 0 Å². The molecule has 0 aromatic heterocycles. The van der Waals surface area contributed by atoms with Gasteiger partial charge in [0, 0.05) is 17.8 Å². The van der Waals surface area contributed by atoms with E-state index in [0.717, 1.165) is 17.7 Å². The summed E-state index contributed by atoms with van der Waals surface area (Å²) in [6, 6.07) is 10.7. The Morgan fingerprint density at radius 2 is 1.72 bits per heavy atom. The van der Waals surface area contributed by atoms with E-state index in [2.05, 4.69) is 0 Å². The van der Waals surface area contributed by atoms with E-state index in [0.29, 0.717) is 30.6 Å². The highest BCUT2D eigenvalue weighted by molar-refractivity contribution is 5.93. The molecule has 0 bridgehead atoms. The first kappa shape index (κ1) is 20.7. The molecular weight excluding hydrogens is 387 g/mol. The first-order chi connectivity index (χ1) is 13.7. The predicted molar refractivity (Wildman–Crippen MR) is 99.3 cm³/mol. The molecule has 154 valence electrons. The molecule has 29 heavy (non-hydrogen) atoms. The summed E-state index contributed by atoms with van der Waals surface area (Å²) in [5.41, 5.74) is 8.09. The van der Waals surface area contributed by atoms with E-state index in [-0.39, 0.29) is 5.92 Å². The van der Waals surface area contributed by atoms with Gasteiger partial charge in [0.15, 0.2) is 0 Å². The molecule has 2 aromatic rings. The monoisotopic (exact) mass is 407 g/mol. The van der Waals surface area contributed by atoms with Crippen LogP contribution in [0.1, 0.15) is 27.9 Å². The van der Waals surface area contributed by atoms with Gasteiger partial charge in [-0.1, -0.05) is 12.1 Å². The number of amides is 2. The average Bonchev–Trinajstić information content (AvgIpc) is 3.11. The summed E-state index contributed by atoms with van der Waals surface area (Å²) in [5.74, 6) is -1.07. The van der Waals surface area contributed by atoms with Crippen molar-refractivity contribution in [2.75, 3.05) is 11.4 Å². The van der Waals surface area contributed by atoms with Crippen LogP contribution in [-0.4, -0.2) is 29.6 Å². The fourth-order valence-corrected chi connectivity index (χ4v) is 3.66. The lowest BCUT2D eigenvalue weighted by Crippen LogP contribution is -2.40. The maximum atomic E-state index is 12.8. The molecule has 1 aliphatic heterocycles. The van der Waals surface area contributed by atoms with Gasteiger partial charge in [0.2, 0.25) is 5.91 Å². The Labute approximate surface area is 165 Å². The molecule has 1 unspecified atom stereocenters. The molecule has 1 fully saturated rings. The van der Waals surface area contributed by atoms with E-state index in [4.69, 9.17) is 10.9 Å². The largest absolute Gasteiger partial charge is 0.416 e. The highest BCUT2D eigenvalue weighted by Crippen LogP contribution is 2.34. The normalized spacial score (nSPS) is 19.2. The molecule has 2 aromatic carbocycles. The minimum absolute atomic E-state index is 0.0623. The van der Waals surface area contributed by atoms with Crippen LogP contribution in [0.2, 0.25) is 0 Å². The highest BCUT2D eigenvalue weighted by atomic mass is 19.4. The van der Waals surface area contributed by atoms with Gasteiger partial charge in [0.05, 0.1) is 5.56 Å². The SMILES string of the molecule is NC(=O)C1C[C@H](Cc2ccc(C(=O)NO)cc2)CN1c1ccc(C(F)(F)F)cc1. The fourth-order valence-electron chi connectivity index (χ4n) is 3.66. The number of halogens is 3. The standard InChI is InChI=1S/C20H20F3N3O3/c21-20(22,23)15-5-7-16(8-6-15)26-11-13(10-17(26)18(24)27)9-12-1-3-14(4-2-12)19(28)25-29/h1-8,13,17,29H,9-11H2,(H2,24,27)(H,25,28)/t13-,17?/m0/s1. The minimum atomic E-state index is -4.42. The van der Waals surface area contributed by atoms with Gasteiger partial charge in [-0.15, -0.1) is 0 Å². The molecule has 0 radical (unpaired) electrons. The zero-order valence-corrected chi connectivity index (χ0v) is 15.3. The second-order valence-corrected chi connectivity index (χ2v) is 7.06. The zero-order chi connectivity index (χ0) is 21.2. The molecule has 2 atom stereocenters. The third kappa shape index (κ3) is 4.68. The number of hydroxylamine groups is 1. The van der Waals surface area contributed by atoms with Crippen LogP contribution in [0.25, 0.3) is 0 Å². The summed E-state index contributed by atoms with van der Waals surface area (Å²) in [6.07, 6.45) is -3.33. The molecule has 0 aliphatic carbocycles. The number of alkyl halides is 3. The van der Waals surface area contributed by atoms with Crippen LogP contribution in [0.5, 0.6) is 0 Å². The van der Waals surface area contributed by atoms with Crippen LogP contribution in [-0.2, 0) is 17.4 Å². The average molecular weight is 407 g/mol. The Kier molecular flexibility index (Phi) is 5.78. The number of nitrogens with one attached hydrogen (secondary N) is 1. The Bertz CT molecular complexity index is 883. The number of primary amides is 1. The number of hydrogen-bond acceptors (Lipinski definition) is 4. The summed E-state index contributed by atoms with van der Waals surface area (Å²) in [4.78, 5) is 25.0. The number of hydrogen-bond donors (Lipinski definition) is 3. The first-order valence-corrected chi connectivity index (χ1v) is 8.95. The van der Waals surface area contributed by atoms with E-state index in [1.165, 1.54) is 12.1 Å². The molecule has 1 aliphatic rings. The van der Waals surface area contributed by atoms with Gasteiger partial charge in [-0.25, -0.2) is 5.48 Å². The van der Waals surface area contributed by atoms with Crippen molar-refractivity contribution in [3.05, 3.63) is 65.2 Å². The molecular formula is C20H20F3N3O3. The maximum absolute atomic E-state index is 12.8. The number of anilines is 1. The van der Waals surface area contributed by atoms with E-state index < -0.39 is 29.6 Å². The number of nitrogens with zero attached hydrogens (tertiary/aromatic N) is 1. The predicted octanol–water partition coefficient (Wildman–Crippen LogP) is 2.75. The van der Waals surface area contributed by atoms with Crippen LogP contribution < -0.4 is 16.1 Å². The van der Waals surface area contributed by atoms with Crippen LogP contribution >= 0.6 is 0 Å². The lowest BCUT2D eigenvalue weighted by Gasteiger charge is -2.25. The zero-order valence-electron chi connectivity index (χ0n) is 15.3. The number of carbonyl (C=O) groups excluding carboxylic acids is 2. The molecule has 0 spiro atoms. The quantitative estimate of drug-likeness (QED) is 0.525. The topological polar surface area (TPSA) is 95.7 Å². The summed E-state index contributed by atoms with van der Waals surface area (Å²) in [5, 5.41) is 8.66. The Balaban J connectivity index is 1.73. The summed E-state index contributed by atoms with van der Waals surface area (Å²) in [7, 11) is 0. The molecule has 2 amide bonds. The maximum Gasteiger partial charge on any atom is 0.416 e. The highest BCUT2D eigenvalue weighted by Gasteiger charge is 2.36. The van der Waals surface area contributed by atoms with Crippen LogP contribution in [0.4, 0.5) is 18.9 Å². The number of benzene rings is 2. The van der Waals surface area contributed by atoms with Crippen LogP contribution in [0.15, 0.2) is 48.5 Å². The van der Waals surface area contributed by atoms with Crippen molar-refractivity contribution in [3.8, 4) is 0 Å². The van der Waals surface area contributed by atoms with Gasteiger partial charge in [0.1, 0.15) is 6.04 Å². The Hall–Kier alpha value is -3.07. The van der Waals surface area contributed by atoms with Crippen molar-refractivity contribution in [1.29, 1.82) is 0 Å². The van der Waals surface area contributed by atoms with E-state index >= 15 is 0 Å². The van der Waals surface area contributed by atoms with Gasteiger partial charge >= 0.3 is 6.18 Å². The smallest absolute Gasteiger partial charge is 0.368 e. The molecule has 0 saturated carbocycles. The third-order valence-corrected chi connectivity index (χ3v) is 5.08. The fraction of sp³-hybridized carbons (Fsp3) is 0.300. The molecule has 3 rings (SSSR count). The van der Waals surface area contributed by atoms with Gasteiger partial charge < -0.3 is 10.6 Å². The van der Waals surface area contributed by atoms with Crippen LogP contribution in [0.3, 0.4) is 0 Å². The van der Waals surface area contributed by atoms with Gasteiger partial charge in [-0.05, 0) is 60.7 Å². The summed E-state index contributed by atoms with van der Waals surface area (Å²) in [6.45, 7) is 0.470. The molecule has 1 heterocycles. The lowest BCUT2D eigenvalue weighted by molar-refractivity contribution is -0.137. The summed E-state index contributed by atoms with van der Waals surface area (Å²) < 4.78 is 38.3. The van der Waals surface area contributed by atoms with Gasteiger partial charge in [-0.2, -0.15) is 13.2 Å². The van der Waals surface area contributed by atoms with Crippen molar-refractivity contribution < 1.29 is 28.0 Å². The Morgan fingerprint density at radius 3 is 2.24 bits per heavy atom. The lowest BCUT2D eigenvalue weighted by atomic mass is 9.96. The Morgan fingerprint density at radius 1 is 1.10 bits per heavy atom.